The summed E-state index contributed by atoms with van der Waals surface area (Å²) in [5, 5.41) is 0. The zero-order valence-electron chi connectivity index (χ0n) is 12.5. The highest BCUT2D eigenvalue weighted by atomic mass is 15.3. The molecule has 1 aromatic rings. The van der Waals surface area contributed by atoms with Crippen LogP contribution in [0, 0.1) is 5.92 Å². The lowest BCUT2D eigenvalue weighted by atomic mass is 10.1. The minimum Gasteiger partial charge on any atom is -0.354 e. The van der Waals surface area contributed by atoms with E-state index in [1.54, 1.807) is 0 Å². The average Bonchev–Trinajstić information content (AvgIpc) is 3.24. The molecule has 4 heteroatoms. The molecule has 2 N–H and O–H groups in total. The van der Waals surface area contributed by atoms with Gasteiger partial charge in [0.05, 0.1) is 0 Å². The molecule has 1 aliphatic heterocycles. The quantitative estimate of drug-likeness (QED) is 0.884. The van der Waals surface area contributed by atoms with Gasteiger partial charge in [-0.15, -0.1) is 0 Å². The van der Waals surface area contributed by atoms with E-state index in [2.05, 4.69) is 26.9 Å². The minimum atomic E-state index is 0.202. The van der Waals surface area contributed by atoms with E-state index >= 15 is 0 Å². The second-order valence-electron chi connectivity index (χ2n) is 6.44. The standard InChI is InChI=1S/C16H26N4/c1-13(17)10-15-4-5-16(18-11-15)20-8-6-19(7-9-20)12-14-2-3-14/h4-5,11,13-14H,2-3,6-10,12,17H2,1H3. The third-order valence-electron chi connectivity index (χ3n) is 4.28. The minimum absolute atomic E-state index is 0.202. The summed E-state index contributed by atoms with van der Waals surface area (Å²) in [6, 6.07) is 4.52. The topological polar surface area (TPSA) is 45.4 Å². The fourth-order valence-electron chi connectivity index (χ4n) is 2.92. The maximum absolute atomic E-state index is 5.82. The van der Waals surface area contributed by atoms with Crippen molar-refractivity contribution in [3.8, 4) is 0 Å². The van der Waals surface area contributed by atoms with Gasteiger partial charge in [0.25, 0.3) is 0 Å². The third kappa shape index (κ3) is 3.70. The maximum Gasteiger partial charge on any atom is 0.128 e. The van der Waals surface area contributed by atoms with Crippen LogP contribution in [0.3, 0.4) is 0 Å². The van der Waals surface area contributed by atoms with Crippen molar-refractivity contribution >= 4 is 5.82 Å². The smallest absolute Gasteiger partial charge is 0.128 e. The van der Waals surface area contributed by atoms with Gasteiger partial charge in [0.2, 0.25) is 0 Å². The Morgan fingerprint density at radius 1 is 1.25 bits per heavy atom. The molecule has 1 saturated carbocycles. The summed E-state index contributed by atoms with van der Waals surface area (Å²) in [7, 11) is 0. The second kappa shape index (κ2) is 6.10. The van der Waals surface area contributed by atoms with E-state index in [-0.39, 0.29) is 6.04 Å². The zero-order chi connectivity index (χ0) is 13.9. The summed E-state index contributed by atoms with van der Waals surface area (Å²) in [5.74, 6) is 2.11. The highest BCUT2D eigenvalue weighted by molar-refractivity contribution is 5.40. The van der Waals surface area contributed by atoms with Crippen LogP contribution in [0.1, 0.15) is 25.3 Å². The van der Waals surface area contributed by atoms with Crippen molar-refractivity contribution < 1.29 is 0 Å². The van der Waals surface area contributed by atoms with Gasteiger partial charge in [-0.2, -0.15) is 0 Å². The molecular weight excluding hydrogens is 248 g/mol. The van der Waals surface area contributed by atoms with E-state index in [0.717, 1.165) is 31.2 Å². The van der Waals surface area contributed by atoms with Gasteiger partial charge in [-0.1, -0.05) is 6.07 Å². The molecule has 2 aliphatic rings. The van der Waals surface area contributed by atoms with Gasteiger partial charge in [0, 0.05) is 45.0 Å². The molecule has 110 valence electrons. The Morgan fingerprint density at radius 3 is 2.55 bits per heavy atom. The van der Waals surface area contributed by atoms with E-state index in [1.165, 1.54) is 38.0 Å². The van der Waals surface area contributed by atoms with Crippen LogP contribution in [0.25, 0.3) is 0 Å². The Kier molecular flexibility index (Phi) is 4.22. The van der Waals surface area contributed by atoms with Crippen molar-refractivity contribution in [1.29, 1.82) is 0 Å². The van der Waals surface area contributed by atoms with E-state index < -0.39 is 0 Å². The van der Waals surface area contributed by atoms with Crippen LogP contribution in [-0.2, 0) is 6.42 Å². The van der Waals surface area contributed by atoms with Gasteiger partial charge in [0.15, 0.2) is 0 Å². The van der Waals surface area contributed by atoms with Gasteiger partial charge < -0.3 is 10.6 Å². The number of aromatic nitrogens is 1. The first kappa shape index (κ1) is 13.8. The lowest BCUT2D eigenvalue weighted by Crippen LogP contribution is -2.47. The lowest BCUT2D eigenvalue weighted by Gasteiger charge is -2.35. The highest BCUT2D eigenvalue weighted by Gasteiger charge is 2.26. The fraction of sp³-hybridized carbons (Fsp3) is 0.688. The van der Waals surface area contributed by atoms with E-state index in [1.807, 2.05) is 13.1 Å². The molecule has 2 heterocycles. The molecular formula is C16H26N4. The maximum atomic E-state index is 5.82. The molecule has 4 nitrogen and oxygen atoms in total. The Hall–Kier alpha value is -1.13. The van der Waals surface area contributed by atoms with Gasteiger partial charge in [0.1, 0.15) is 5.82 Å². The molecule has 0 amide bonds. The summed E-state index contributed by atoms with van der Waals surface area (Å²) in [5.41, 5.74) is 7.05. The number of pyridine rings is 1. The number of anilines is 1. The van der Waals surface area contributed by atoms with Crippen molar-refractivity contribution in [3.05, 3.63) is 23.9 Å². The molecule has 1 atom stereocenters. The van der Waals surface area contributed by atoms with Crippen LogP contribution in [-0.4, -0.2) is 48.6 Å². The molecule has 20 heavy (non-hydrogen) atoms. The first-order valence-corrected chi connectivity index (χ1v) is 7.88. The second-order valence-corrected chi connectivity index (χ2v) is 6.44. The Labute approximate surface area is 122 Å². The highest BCUT2D eigenvalue weighted by Crippen LogP contribution is 2.30. The number of nitrogens with two attached hydrogens (primary N) is 1. The van der Waals surface area contributed by atoms with Crippen LogP contribution in [0.2, 0.25) is 0 Å². The number of hydrogen-bond donors (Lipinski definition) is 1. The van der Waals surface area contributed by atoms with Gasteiger partial charge in [-0.25, -0.2) is 4.98 Å². The van der Waals surface area contributed by atoms with Crippen molar-refractivity contribution in [2.45, 2.75) is 32.2 Å². The number of nitrogens with zero attached hydrogens (tertiary/aromatic N) is 3. The number of hydrogen-bond acceptors (Lipinski definition) is 4. The van der Waals surface area contributed by atoms with Crippen LogP contribution >= 0.6 is 0 Å². The van der Waals surface area contributed by atoms with Crippen LogP contribution in [0.4, 0.5) is 5.82 Å². The molecule has 1 unspecified atom stereocenters. The van der Waals surface area contributed by atoms with Crippen LogP contribution in [0.15, 0.2) is 18.3 Å². The third-order valence-corrected chi connectivity index (χ3v) is 4.28. The average molecular weight is 274 g/mol. The van der Waals surface area contributed by atoms with Crippen LogP contribution < -0.4 is 10.6 Å². The molecule has 2 fully saturated rings. The molecule has 1 aliphatic carbocycles. The summed E-state index contributed by atoms with van der Waals surface area (Å²) in [6.45, 7) is 7.92. The van der Waals surface area contributed by atoms with Crippen LogP contribution in [0.5, 0.6) is 0 Å². The molecule has 0 bridgehead atoms. The van der Waals surface area contributed by atoms with Gasteiger partial charge >= 0.3 is 0 Å². The van der Waals surface area contributed by atoms with Gasteiger partial charge in [-0.05, 0) is 43.7 Å². The summed E-state index contributed by atoms with van der Waals surface area (Å²) in [6.07, 6.45) is 5.78. The lowest BCUT2D eigenvalue weighted by molar-refractivity contribution is 0.247. The van der Waals surface area contributed by atoms with Gasteiger partial charge in [-0.3, -0.25) is 4.90 Å². The zero-order valence-corrected chi connectivity index (χ0v) is 12.5. The van der Waals surface area contributed by atoms with Crippen molar-refractivity contribution in [1.82, 2.24) is 9.88 Å². The molecule has 0 aromatic carbocycles. The normalized spacial score (nSPS) is 22.0. The first-order chi connectivity index (χ1) is 9.70. The fourth-order valence-corrected chi connectivity index (χ4v) is 2.92. The summed E-state index contributed by atoms with van der Waals surface area (Å²) in [4.78, 5) is 9.62. The van der Waals surface area contributed by atoms with Crippen molar-refractivity contribution in [2.75, 3.05) is 37.6 Å². The number of piperazine rings is 1. The molecule has 0 spiro atoms. The van der Waals surface area contributed by atoms with E-state index in [4.69, 9.17) is 5.73 Å². The molecule has 0 radical (unpaired) electrons. The predicted octanol–water partition coefficient (Wildman–Crippen LogP) is 1.50. The largest absolute Gasteiger partial charge is 0.354 e. The van der Waals surface area contributed by atoms with Crippen molar-refractivity contribution in [2.24, 2.45) is 11.7 Å². The van der Waals surface area contributed by atoms with Crippen molar-refractivity contribution in [3.63, 3.8) is 0 Å². The first-order valence-electron chi connectivity index (χ1n) is 7.88. The SMILES string of the molecule is CC(N)Cc1ccc(N2CCN(CC3CC3)CC2)nc1. The molecule has 3 rings (SSSR count). The Balaban J connectivity index is 1.51. The van der Waals surface area contributed by atoms with E-state index in [0.29, 0.717) is 0 Å². The summed E-state index contributed by atoms with van der Waals surface area (Å²) < 4.78 is 0. The predicted molar refractivity (Wildman–Crippen MR) is 83.0 cm³/mol. The summed E-state index contributed by atoms with van der Waals surface area (Å²) >= 11 is 0. The molecule has 1 saturated heterocycles. The monoisotopic (exact) mass is 274 g/mol. The number of rotatable bonds is 5. The van der Waals surface area contributed by atoms with E-state index in [9.17, 15) is 0 Å². The molecule has 1 aromatic heterocycles. The Morgan fingerprint density at radius 2 is 2.00 bits per heavy atom. The Bertz CT molecular complexity index is 417.